The van der Waals surface area contributed by atoms with Gasteiger partial charge < -0.3 is 8.98 Å². The Morgan fingerprint density at radius 1 is 1.17 bits per heavy atom. The van der Waals surface area contributed by atoms with E-state index in [4.69, 9.17) is 4.42 Å². The molecule has 0 amide bonds. The minimum absolute atomic E-state index is 0.00578. The minimum Gasteiger partial charge on any atom is -0.464 e. The largest absolute Gasteiger partial charge is 0.464 e. The predicted octanol–water partition coefficient (Wildman–Crippen LogP) is 4.47. The van der Waals surface area contributed by atoms with E-state index >= 15 is 0 Å². The van der Waals surface area contributed by atoms with Crippen LogP contribution in [0.2, 0.25) is 0 Å². The van der Waals surface area contributed by atoms with Gasteiger partial charge in [0.2, 0.25) is 0 Å². The molecule has 4 nitrogen and oxygen atoms in total. The lowest BCUT2D eigenvalue weighted by molar-refractivity contribution is 0.0970. The molecule has 0 saturated heterocycles. The summed E-state index contributed by atoms with van der Waals surface area (Å²) < 4.78 is 7.44. The van der Waals surface area contributed by atoms with Gasteiger partial charge in [0.15, 0.2) is 5.78 Å². The number of hydrogen-bond acceptors (Lipinski definition) is 3. The minimum atomic E-state index is 0.00578. The van der Waals surface area contributed by atoms with E-state index in [1.54, 1.807) is 6.26 Å². The molecular weight excluding hydrogens is 300 g/mol. The van der Waals surface area contributed by atoms with Gasteiger partial charge in [0.05, 0.1) is 30.5 Å². The summed E-state index contributed by atoms with van der Waals surface area (Å²) in [5.41, 5.74) is 4.95. The fourth-order valence-corrected chi connectivity index (χ4v) is 3.57. The van der Waals surface area contributed by atoms with Gasteiger partial charge in [-0.1, -0.05) is 24.3 Å². The zero-order chi connectivity index (χ0) is 16.1. The molecule has 24 heavy (non-hydrogen) atoms. The number of Topliss-reactive ketones (excluding diaryl/α,β-unsaturated/α-hetero) is 1. The Morgan fingerprint density at radius 3 is 3.04 bits per heavy atom. The predicted molar refractivity (Wildman–Crippen MR) is 91.0 cm³/mol. The second kappa shape index (κ2) is 4.93. The zero-order valence-corrected chi connectivity index (χ0v) is 12.8. The Balaban J connectivity index is 1.52. The SMILES string of the molecule is O=C(CC1c2ccccc2-c2cncn21)c1ccc2occc2c1. The maximum atomic E-state index is 12.8. The van der Waals surface area contributed by atoms with Crippen LogP contribution >= 0.6 is 0 Å². The van der Waals surface area contributed by atoms with E-state index in [1.165, 1.54) is 5.56 Å². The second-order valence-corrected chi connectivity index (χ2v) is 6.09. The number of fused-ring (bicyclic) bond motifs is 4. The molecule has 2 aromatic heterocycles. The summed E-state index contributed by atoms with van der Waals surface area (Å²) in [7, 11) is 0. The Kier molecular flexibility index (Phi) is 2.73. The number of carbonyl (C=O) groups excluding carboxylic acids is 1. The molecule has 0 fully saturated rings. The number of carbonyl (C=O) groups is 1. The van der Waals surface area contributed by atoms with Crippen LogP contribution in [0.4, 0.5) is 0 Å². The lowest BCUT2D eigenvalue weighted by Crippen LogP contribution is -2.11. The van der Waals surface area contributed by atoms with Crippen molar-refractivity contribution in [1.82, 2.24) is 9.55 Å². The summed E-state index contributed by atoms with van der Waals surface area (Å²) in [6.45, 7) is 0. The summed E-state index contributed by atoms with van der Waals surface area (Å²) in [5.74, 6) is 0.124. The molecule has 1 aliphatic rings. The Labute approximate surface area is 138 Å². The van der Waals surface area contributed by atoms with Gasteiger partial charge >= 0.3 is 0 Å². The number of nitrogens with zero attached hydrogens (tertiary/aromatic N) is 2. The van der Waals surface area contributed by atoms with Crippen molar-refractivity contribution in [2.45, 2.75) is 12.5 Å². The number of rotatable bonds is 3. The third-order valence-electron chi connectivity index (χ3n) is 4.75. The lowest BCUT2D eigenvalue weighted by Gasteiger charge is -2.14. The Bertz CT molecular complexity index is 1070. The van der Waals surface area contributed by atoms with Crippen molar-refractivity contribution in [2.24, 2.45) is 0 Å². The number of hydrogen-bond donors (Lipinski definition) is 0. The maximum absolute atomic E-state index is 12.8. The van der Waals surface area contributed by atoms with E-state index < -0.39 is 0 Å². The van der Waals surface area contributed by atoms with Gasteiger partial charge in [0.1, 0.15) is 5.58 Å². The van der Waals surface area contributed by atoms with Crippen LogP contribution in [0.1, 0.15) is 28.4 Å². The number of benzene rings is 2. The first-order valence-electron chi connectivity index (χ1n) is 7.93. The molecule has 5 rings (SSSR count). The van der Waals surface area contributed by atoms with Crippen molar-refractivity contribution in [2.75, 3.05) is 0 Å². The van der Waals surface area contributed by atoms with E-state index in [1.807, 2.05) is 48.9 Å². The summed E-state index contributed by atoms with van der Waals surface area (Å²) in [4.78, 5) is 17.1. The standard InChI is InChI=1S/C20H14N2O2/c23-19(13-5-6-20-14(9-13)7-8-24-20)10-17-15-3-1-2-4-16(15)18-11-21-12-22(17)18/h1-9,11-12,17H,10H2. The van der Waals surface area contributed by atoms with E-state index in [9.17, 15) is 4.79 Å². The molecule has 0 radical (unpaired) electrons. The van der Waals surface area contributed by atoms with Crippen LogP contribution < -0.4 is 0 Å². The monoisotopic (exact) mass is 314 g/mol. The normalized spacial score (nSPS) is 15.4. The summed E-state index contributed by atoms with van der Waals surface area (Å²) in [6.07, 6.45) is 5.74. The highest BCUT2D eigenvalue weighted by Crippen LogP contribution is 2.41. The Hall–Kier alpha value is -3.14. The number of ketones is 1. The summed E-state index contributed by atoms with van der Waals surface area (Å²) >= 11 is 0. The molecule has 0 N–H and O–H groups in total. The van der Waals surface area contributed by atoms with Gasteiger partial charge in [0, 0.05) is 22.9 Å². The van der Waals surface area contributed by atoms with Crippen molar-refractivity contribution >= 4 is 16.8 Å². The van der Waals surface area contributed by atoms with Gasteiger partial charge in [-0.05, 0) is 29.8 Å². The molecule has 0 spiro atoms. The smallest absolute Gasteiger partial charge is 0.165 e. The molecule has 2 aromatic carbocycles. The average molecular weight is 314 g/mol. The highest BCUT2D eigenvalue weighted by atomic mass is 16.3. The van der Waals surface area contributed by atoms with Crippen LogP contribution in [-0.4, -0.2) is 15.3 Å². The molecule has 3 heterocycles. The van der Waals surface area contributed by atoms with Gasteiger partial charge in [-0.25, -0.2) is 4.98 Å². The number of furan rings is 1. The fourth-order valence-electron chi connectivity index (χ4n) is 3.57. The Morgan fingerprint density at radius 2 is 2.08 bits per heavy atom. The van der Waals surface area contributed by atoms with E-state index in [0.29, 0.717) is 6.42 Å². The molecule has 4 aromatic rings. The van der Waals surface area contributed by atoms with Crippen molar-refractivity contribution in [3.05, 3.63) is 78.4 Å². The first-order valence-corrected chi connectivity index (χ1v) is 7.93. The van der Waals surface area contributed by atoms with Crippen molar-refractivity contribution in [3.8, 4) is 11.3 Å². The van der Waals surface area contributed by atoms with Crippen molar-refractivity contribution in [1.29, 1.82) is 0 Å². The van der Waals surface area contributed by atoms with Gasteiger partial charge in [-0.2, -0.15) is 0 Å². The highest BCUT2D eigenvalue weighted by Gasteiger charge is 2.29. The molecule has 116 valence electrons. The number of aromatic nitrogens is 2. The topological polar surface area (TPSA) is 48.0 Å². The zero-order valence-electron chi connectivity index (χ0n) is 12.8. The summed E-state index contributed by atoms with van der Waals surface area (Å²) in [5, 5.41) is 0.955. The fraction of sp³-hybridized carbons (Fsp3) is 0.100. The van der Waals surface area contributed by atoms with Crippen LogP contribution in [0.25, 0.3) is 22.2 Å². The first kappa shape index (κ1) is 13.3. The van der Waals surface area contributed by atoms with E-state index in [2.05, 4.69) is 21.7 Å². The van der Waals surface area contributed by atoms with E-state index in [-0.39, 0.29) is 11.8 Å². The van der Waals surface area contributed by atoms with Crippen LogP contribution in [0.3, 0.4) is 0 Å². The molecule has 4 heteroatoms. The molecule has 0 bridgehead atoms. The molecular formula is C20H14N2O2. The third-order valence-corrected chi connectivity index (χ3v) is 4.75. The third kappa shape index (κ3) is 1.86. The van der Waals surface area contributed by atoms with Crippen LogP contribution in [-0.2, 0) is 0 Å². The molecule has 0 aliphatic carbocycles. The average Bonchev–Trinajstić information content (AvgIpc) is 3.31. The van der Waals surface area contributed by atoms with Gasteiger partial charge in [-0.3, -0.25) is 4.79 Å². The molecule has 1 atom stereocenters. The molecule has 1 aliphatic heterocycles. The first-order chi connectivity index (χ1) is 11.8. The van der Waals surface area contributed by atoms with Crippen molar-refractivity contribution in [3.63, 3.8) is 0 Å². The number of imidazole rings is 1. The van der Waals surface area contributed by atoms with Gasteiger partial charge in [0.25, 0.3) is 0 Å². The molecule has 1 unspecified atom stereocenters. The van der Waals surface area contributed by atoms with Gasteiger partial charge in [-0.15, -0.1) is 0 Å². The maximum Gasteiger partial charge on any atom is 0.165 e. The van der Waals surface area contributed by atoms with E-state index in [0.717, 1.165) is 27.8 Å². The quantitative estimate of drug-likeness (QED) is 0.524. The lowest BCUT2D eigenvalue weighted by atomic mass is 9.96. The van der Waals surface area contributed by atoms with Crippen LogP contribution in [0, 0.1) is 0 Å². The van der Waals surface area contributed by atoms with Crippen LogP contribution in [0.5, 0.6) is 0 Å². The summed E-state index contributed by atoms with van der Waals surface area (Å²) in [6, 6.07) is 15.7. The highest BCUT2D eigenvalue weighted by molar-refractivity contribution is 6.00. The molecule has 0 saturated carbocycles. The van der Waals surface area contributed by atoms with Crippen molar-refractivity contribution < 1.29 is 9.21 Å². The van der Waals surface area contributed by atoms with Crippen LogP contribution in [0.15, 0.2) is 71.7 Å². The second-order valence-electron chi connectivity index (χ2n) is 6.09.